The lowest BCUT2D eigenvalue weighted by atomic mass is 10.3. The topological polar surface area (TPSA) is 115 Å². The number of nitro benzene ring substituents is 1. The summed E-state index contributed by atoms with van der Waals surface area (Å²) >= 11 is 5.72. The van der Waals surface area contributed by atoms with Crippen molar-refractivity contribution in [3.05, 3.63) is 33.3 Å². The van der Waals surface area contributed by atoms with Gasteiger partial charge in [0.25, 0.3) is 5.69 Å². The van der Waals surface area contributed by atoms with Gasteiger partial charge in [-0.25, -0.2) is 13.1 Å². The fourth-order valence-electron chi connectivity index (χ4n) is 1.21. The van der Waals surface area contributed by atoms with E-state index in [9.17, 15) is 18.5 Å². The molecule has 0 aliphatic rings. The molecule has 9 heteroatoms. The first kappa shape index (κ1) is 14.8. The predicted molar refractivity (Wildman–Crippen MR) is 67.0 cm³/mol. The van der Waals surface area contributed by atoms with Crippen molar-refractivity contribution in [2.75, 3.05) is 13.1 Å². The molecule has 0 fully saturated rings. The van der Waals surface area contributed by atoms with Gasteiger partial charge in [-0.1, -0.05) is 11.6 Å². The number of nitrogens with zero attached hydrogens (tertiary/aromatic N) is 1. The number of benzene rings is 1. The second-order valence-electron chi connectivity index (χ2n) is 3.41. The summed E-state index contributed by atoms with van der Waals surface area (Å²) in [5.41, 5.74) is 4.98. The Morgan fingerprint density at radius 2 is 2.11 bits per heavy atom. The fourth-order valence-corrected chi connectivity index (χ4v) is 2.82. The van der Waals surface area contributed by atoms with Gasteiger partial charge in [0.15, 0.2) is 0 Å². The lowest BCUT2D eigenvalue weighted by Crippen LogP contribution is -2.26. The molecule has 0 saturated carbocycles. The summed E-state index contributed by atoms with van der Waals surface area (Å²) in [5, 5.41) is 10.3. The minimum absolute atomic E-state index is 0.187. The highest BCUT2D eigenvalue weighted by Crippen LogP contribution is 2.25. The highest BCUT2D eigenvalue weighted by Gasteiger charge is 2.19. The van der Waals surface area contributed by atoms with Crippen LogP contribution < -0.4 is 10.5 Å². The molecule has 100 valence electrons. The second-order valence-corrected chi connectivity index (χ2v) is 5.55. The summed E-state index contributed by atoms with van der Waals surface area (Å²) in [6.45, 7) is 0.544. The molecule has 0 spiro atoms. The highest BCUT2D eigenvalue weighted by molar-refractivity contribution is 7.89. The highest BCUT2D eigenvalue weighted by atomic mass is 35.5. The number of nitrogens with two attached hydrogens (primary N) is 1. The summed E-state index contributed by atoms with van der Waals surface area (Å²) in [4.78, 5) is 9.66. The molecular formula is C9H12ClN3O4S. The largest absolute Gasteiger partial charge is 0.330 e. The molecule has 3 N–H and O–H groups in total. The molecule has 0 radical (unpaired) electrons. The average Bonchev–Trinajstić information content (AvgIpc) is 2.28. The normalized spacial score (nSPS) is 11.4. The van der Waals surface area contributed by atoms with Crippen LogP contribution in [0.2, 0.25) is 5.02 Å². The fraction of sp³-hybridized carbons (Fsp3) is 0.333. The third-order valence-corrected chi connectivity index (χ3v) is 4.03. The van der Waals surface area contributed by atoms with E-state index >= 15 is 0 Å². The van der Waals surface area contributed by atoms with Crippen LogP contribution in [0.4, 0.5) is 5.69 Å². The van der Waals surface area contributed by atoms with Gasteiger partial charge in [-0.15, -0.1) is 0 Å². The molecule has 0 aliphatic heterocycles. The van der Waals surface area contributed by atoms with Crippen molar-refractivity contribution in [3.8, 4) is 0 Å². The Balaban J connectivity index is 2.99. The zero-order valence-corrected chi connectivity index (χ0v) is 10.9. The quantitative estimate of drug-likeness (QED) is 0.459. The third kappa shape index (κ3) is 3.64. The number of nitro groups is 1. The maximum Gasteiger partial charge on any atom is 0.271 e. The molecule has 0 aliphatic carbocycles. The van der Waals surface area contributed by atoms with Crippen LogP contribution in [0, 0.1) is 10.1 Å². The zero-order valence-electron chi connectivity index (χ0n) is 9.30. The Hall–Kier alpha value is -1.22. The van der Waals surface area contributed by atoms with E-state index in [1.54, 1.807) is 0 Å². The smallest absolute Gasteiger partial charge is 0.271 e. The minimum atomic E-state index is -3.77. The number of sulfonamides is 1. The van der Waals surface area contributed by atoms with Gasteiger partial charge in [0.05, 0.1) is 9.95 Å². The Morgan fingerprint density at radius 3 is 2.61 bits per heavy atom. The van der Waals surface area contributed by atoms with E-state index in [1.165, 1.54) is 0 Å². The van der Waals surface area contributed by atoms with Crippen LogP contribution in [-0.4, -0.2) is 26.4 Å². The molecule has 0 atom stereocenters. The molecule has 0 amide bonds. The molecule has 1 aromatic rings. The van der Waals surface area contributed by atoms with Crippen molar-refractivity contribution in [3.63, 3.8) is 0 Å². The van der Waals surface area contributed by atoms with E-state index in [1.807, 2.05) is 0 Å². The molecular weight excluding hydrogens is 282 g/mol. The van der Waals surface area contributed by atoms with Crippen LogP contribution >= 0.6 is 11.6 Å². The van der Waals surface area contributed by atoms with Crippen molar-refractivity contribution < 1.29 is 13.3 Å². The lowest BCUT2D eigenvalue weighted by molar-refractivity contribution is -0.384. The molecule has 0 bridgehead atoms. The molecule has 0 saturated heterocycles. The van der Waals surface area contributed by atoms with E-state index in [0.717, 1.165) is 18.2 Å². The van der Waals surface area contributed by atoms with E-state index in [0.29, 0.717) is 13.0 Å². The van der Waals surface area contributed by atoms with Gasteiger partial charge >= 0.3 is 0 Å². The SMILES string of the molecule is NCCCNS(=O)(=O)c1ccc([N+](=O)[O-])cc1Cl. The van der Waals surface area contributed by atoms with Gasteiger partial charge < -0.3 is 5.73 Å². The maximum atomic E-state index is 11.8. The Morgan fingerprint density at radius 1 is 1.44 bits per heavy atom. The first-order valence-electron chi connectivity index (χ1n) is 5.02. The van der Waals surface area contributed by atoms with Gasteiger partial charge in [0.2, 0.25) is 10.0 Å². The predicted octanol–water partition coefficient (Wildman–Crippen LogP) is 0.875. The van der Waals surface area contributed by atoms with Crippen LogP contribution in [0.1, 0.15) is 6.42 Å². The van der Waals surface area contributed by atoms with Crippen molar-refractivity contribution in [2.24, 2.45) is 5.73 Å². The molecule has 1 aromatic carbocycles. The van der Waals surface area contributed by atoms with Crippen molar-refractivity contribution in [1.29, 1.82) is 0 Å². The van der Waals surface area contributed by atoms with Crippen LogP contribution in [0.25, 0.3) is 0 Å². The number of hydrogen-bond donors (Lipinski definition) is 2. The van der Waals surface area contributed by atoms with Gasteiger partial charge in [0, 0.05) is 18.7 Å². The van der Waals surface area contributed by atoms with Crippen molar-refractivity contribution in [2.45, 2.75) is 11.3 Å². The van der Waals surface area contributed by atoms with Crippen LogP contribution in [0.15, 0.2) is 23.1 Å². The third-order valence-electron chi connectivity index (χ3n) is 2.09. The van der Waals surface area contributed by atoms with E-state index in [4.69, 9.17) is 17.3 Å². The van der Waals surface area contributed by atoms with Gasteiger partial charge in [-0.3, -0.25) is 10.1 Å². The molecule has 0 aromatic heterocycles. The molecule has 7 nitrogen and oxygen atoms in total. The number of nitrogens with one attached hydrogen (secondary N) is 1. The summed E-state index contributed by atoms with van der Waals surface area (Å²) in [6, 6.07) is 3.19. The first-order valence-corrected chi connectivity index (χ1v) is 6.88. The number of hydrogen-bond acceptors (Lipinski definition) is 5. The number of rotatable bonds is 6. The van der Waals surface area contributed by atoms with E-state index in [2.05, 4.69) is 4.72 Å². The van der Waals surface area contributed by atoms with Gasteiger partial charge in [-0.2, -0.15) is 0 Å². The number of halogens is 1. The second kappa shape index (κ2) is 6.10. The van der Waals surface area contributed by atoms with Crippen molar-refractivity contribution >= 4 is 27.3 Å². The van der Waals surface area contributed by atoms with E-state index < -0.39 is 14.9 Å². The van der Waals surface area contributed by atoms with Crippen LogP contribution in [-0.2, 0) is 10.0 Å². The molecule has 18 heavy (non-hydrogen) atoms. The first-order chi connectivity index (χ1) is 8.38. The molecule has 0 heterocycles. The summed E-state index contributed by atoms with van der Waals surface area (Å²) in [5.74, 6) is 0. The van der Waals surface area contributed by atoms with Crippen LogP contribution in [0.3, 0.4) is 0 Å². The van der Waals surface area contributed by atoms with Crippen LogP contribution in [0.5, 0.6) is 0 Å². The van der Waals surface area contributed by atoms with E-state index in [-0.39, 0.29) is 22.2 Å². The van der Waals surface area contributed by atoms with Gasteiger partial charge in [-0.05, 0) is 19.0 Å². The number of non-ortho nitro benzene ring substituents is 1. The monoisotopic (exact) mass is 293 g/mol. The summed E-state index contributed by atoms with van der Waals surface area (Å²) in [6.07, 6.45) is 0.490. The summed E-state index contributed by atoms with van der Waals surface area (Å²) in [7, 11) is -3.77. The zero-order chi connectivity index (χ0) is 13.8. The Kier molecular flexibility index (Phi) is 5.03. The Bertz CT molecular complexity index is 547. The Labute approximate surface area is 109 Å². The summed E-state index contributed by atoms with van der Waals surface area (Å²) < 4.78 is 25.9. The maximum absolute atomic E-state index is 11.8. The lowest BCUT2D eigenvalue weighted by Gasteiger charge is -2.07. The van der Waals surface area contributed by atoms with Gasteiger partial charge in [0.1, 0.15) is 4.90 Å². The standard InChI is InChI=1S/C9H12ClN3O4S/c10-8-6-7(13(14)15)2-3-9(8)18(16,17)12-5-1-4-11/h2-3,6,12H,1,4-5,11H2. The minimum Gasteiger partial charge on any atom is -0.330 e. The van der Waals surface area contributed by atoms with Crippen molar-refractivity contribution in [1.82, 2.24) is 4.72 Å². The molecule has 1 rings (SSSR count). The average molecular weight is 294 g/mol. The molecule has 0 unspecified atom stereocenters.